The van der Waals surface area contributed by atoms with E-state index < -0.39 is 5.60 Å². The molecule has 1 amide bonds. The Morgan fingerprint density at radius 2 is 2.00 bits per heavy atom. The average Bonchev–Trinajstić information content (AvgIpc) is 2.83. The van der Waals surface area contributed by atoms with E-state index >= 15 is 0 Å². The number of piperidine rings is 1. The molecule has 192 valence electrons. The summed E-state index contributed by atoms with van der Waals surface area (Å²) in [5.41, 5.74) is 0.207. The number of methoxy groups -OCH3 is 1. The molecule has 1 aromatic carbocycles. The molecular weight excluding hydrogens is 448 g/mol. The van der Waals surface area contributed by atoms with Gasteiger partial charge in [-0.15, -0.1) is 0 Å². The molecule has 0 saturated carbocycles. The molecule has 2 aliphatic heterocycles. The maximum absolute atomic E-state index is 13.3. The number of amides is 1. The molecule has 3 heterocycles. The van der Waals surface area contributed by atoms with E-state index in [-0.39, 0.29) is 25.6 Å². The van der Waals surface area contributed by atoms with Crippen LogP contribution in [-0.2, 0) is 9.47 Å². The van der Waals surface area contributed by atoms with Crippen LogP contribution < -0.4 is 9.64 Å². The van der Waals surface area contributed by atoms with E-state index in [1.54, 1.807) is 45.5 Å². The predicted molar refractivity (Wildman–Crippen MR) is 134 cm³/mol. The molecular formula is C26H38N4O5. The first-order valence-corrected chi connectivity index (χ1v) is 12.1. The first-order valence-electron chi connectivity index (χ1n) is 12.1. The number of rotatable bonds is 7. The van der Waals surface area contributed by atoms with Crippen LogP contribution in [0.1, 0.15) is 44.0 Å². The van der Waals surface area contributed by atoms with Crippen molar-refractivity contribution in [1.82, 2.24) is 14.9 Å². The van der Waals surface area contributed by atoms with E-state index in [0.29, 0.717) is 50.0 Å². The Labute approximate surface area is 208 Å². The Morgan fingerprint density at radius 3 is 2.63 bits per heavy atom. The third kappa shape index (κ3) is 6.28. The standard InChI is InChI=1S/C26H36N4O5.H2/c1-19-14-20(6-7-22(19)34-18-25(2,3)32)23(31)29-12-8-26(9-13-29)17-30(15-21(35-26)16-33-4)24-27-10-5-11-28-24;/h5-7,10-11,14,21,32H,8-9,12-13,15-18H2,1-4H3;1H. The van der Waals surface area contributed by atoms with Gasteiger partial charge in [0, 0.05) is 46.1 Å². The van der Waals surface area contributed by atoms with Crippen LogP contribution in [0, 0.1) is 6.92 Å². The summed E-state index contributed by atoms with van der Waals surface area (Å²) >= 11 is 0. The van der Waals surface area contributed by atoms with Crippen molar-refractivity contribution in [2.75, 3.05) is 51.4 Å². The van der Waals surface area contributed by atoms with Gasteiger partial charge in [-0.25, -0.2) is 9.97 Å². The average molecular weight is 487 g/mol. The molecule has 1 unspecified atom stereocenters. The summed E-state index contributed by atoms with van der Waals surface area (Å²) in [5.74, 6) is 1.37. The van der Waals surface area contributed by atoms with E-state index in [1.165, 1.54) is 0 Å². The van der Waals surface area contributed by atoms with E-state index in [0.717, 1.165) is 18.4 Å². The van der Waals surface area contributed by atoms with E-state index in [1.807, 2.05) is 24.0 Å². The Balaban J connectivity index is 0.00000361. The number of aliphatic hydroxyl groups is 1. The highest BCUT2D eigenvalue weighted by molar-refractivity contribution is 5.94. The molecule has 0 bridgehead atoms. The molecule has 2 aromatic rings. The van der Waals surface area contributed by atoms with Crippen LogP contribution in [0.2, 0.25) is 0 Å². The molecule has 0 radical (unpaired) electrons. The number of aromatic nitrogens is 2. The van der Waals surface area contributed by atoms with Gasteiger partial charge >= 0.3 is 0 Å². The normalized spacial score (nSPS) is 20.2. The van der Waals surface area contributed by atoms with Crippen molar-refractivity contribution in [1.29, 1.82) is 0 Å². The number of benzene rings is 1. The Morgan fingerprint density at radius 1 is 1.29 bits per heavy atom. The van der Waals surface area contributed by atoms with Crippen molar-refractivity contribution in [3.63, 3.8) is 0 Å². The molecule has 1 aromatic heterocycles. The summed E-state index contributed by atoms with van der Waals surface area (Å²) in [6.07, 6.45) is 4.88. The number of morpholine rings is 1. The molecule has 0 aliphatic carbocycles. The molecule has 1 N–H and O–H groups in total. The number of carbonyl (C=O) groups excluding carboxylic acids is 1. The van der Waals surface area contributed by atoms with Crippen molar-refractivity contribution >= 4 is 11.9 Å². The summed E-state index contributed by atoms with van der Waals surface area (Å²) in [5, 5.41) is 9.90. The summed E-state index contributed by atoms with van der Waals surface area (Å²) in [4.78, 5) is 26.2. The summed E-state index contributed by atoms with van der Waals surface area (Å²) in [6, 6.07) is 7.26. The zero-order valence-corrected chi connectivity index (χ0v) is 21.1. The van der Waals surface area contributed by atoms with Crippen LogP contribution in [0.4, 0.5) is 5.95 Å². The summed E-state index contributed by atoms with van der Waals surface area (Å²) in [6.45, 7) is 8.56. The summed E-state index contributed by atoms with van der Waals surface area (Å²) < 4.78 is 17.6. The van der Waals surface area contributed by atoms with Gasteiger partial charge in [0.25, 0.3) is 5.91 Å². The zero-order chi connectivity index (χ0) is 25.1. The van der Waals surface area contributed by atoms with Gasteiger partial charge in [0.05, 0.1) is 30.5 Å². The SMILES string of the molecule is COCC1CN(c2ncccn2)CC2(CCN(C(=O)c3ccc(OCC(C)(C)O)c(C)c3)CC2)O1.[HH]. The van der Waals surface area contributed by atoms with Gasteiger partial charge in [-0.2, -0.15) is 0 Å². The molecule has 9 heteroatoms. The first kappa shape index (κ1) is 25.3. The largest absolute Gasteiger partial charge is 0.490 e. The third-order valence-electron chi connectivity index (χ3n) is 6.47. The Kier molecular flexibility index (Phi) is 7.59. The molecule has 2 fully saturated rings. The number of hydrogen-bond acceptors (Lipinski definition) is 8. The van der Waals surface area contributed by atoms with Crippen molar-refractivity contribution < 1.29 is 25.5 Å². The zero-order valence-electron chi connectivity index (χ0n) is 21.1. The number of likely N-dealkylation sites (tertiary alicyclic amines) is 1. The molecule has 2 aliphatic rings. The maximum atomic E-state index is 13.3. The van der Waals surface area contributed by atoms with Crippen LogP contribution in [0.5, 0.6) is 5.75 Å². The van der Waals surface area contributed by atoms with E-state index in [9.17, 15) is 9.90 Å². The van der Waals surface area contributed by atoms with Gasteiger partial charge in [-0.3, -0.25) is 4.79 Å². The predicted octanol–water partition coefficient (Wildman–Crippen LogP) is 2.71. The van der Waals surface area contributed by atoms with Crippen molar-refractivity contribution in [2.24, 2.45) is 0 Å². The lowest BCUT2D eigenvalue weighted by Crippen LogP contribution is -2.61. The second-order valence-corrected chi connectivity index (χ2v) is 10.2. The monoisotopic (exact) mass is 486 g/mol. The van der Waals surface area contributed by atoms with Crippen LogP contribution in [0.3, 0.4) is 0 Å². The van der Waals surface area contributed by atoms with E-state index in [2.05, 4.69) is 14.9 Å². The Hall–Kier alpha value is -2.75. The molecule has 1 atom stereocenters. The quantitative estimate of drug-likeness (QED) is 0.638. The smallest absolute Gasteiger partial charge is 0.253 e. The van der Waals surface area contributed by atoms with Gasteiger partial charge in [-0.05, 0) is 63.4 Å². The lowest BCUT2D eigenvalue weighted by molar-refractivity contribution is -0.145. The fourth-order valence-corrected chi connectivity index (χ4v) is 4.74. The van der Waals surface area contributed by atoms with Gasteiger partial charge < -0.3 is 29.1 Å². The third-order valence-corrected chi connectivity index (χ3v) is 6.47. The fourth-order valence-electron chi connectivity index (χ4n) is 4.74. The van der Waals surface area contributed by atoms with Crippen LogP contribution in [0.15, 0.2) is 36.7 Å². The van der Waals surface area contributed by atoms with Crippen molar-refractivity contribution in [3.8, 4) is 5.75 Å². The molecule has 1 spiro atoms. The highest BCUT2D eigenvalue weighted by Gasteiger charge is 2.44. The Bertz CT molecular complexity index is 1010. The van der Waals surface area contributed by atoms with Crippen molar-refractivity contribution in [3.05, 3.63) is 47.8 Å². The van der Waals surface area contributed by atoms with Gasteiger partial charge in [0.2, 0.25) is 5.95 Å². The number of hydrogen-bond donors (Lipinski definition) is 1. The van der Waals surface area contributed by atoms with Crippen LogP contribution in [-0.4, -0.2) is 89.7 Å². The van der Waals surface area contributed by atoms with Gasteiger partial charge in [0.15, 0.2) is 0 Å². The van der Waals surface area contributed by atoms with Crippen molar-refractivity contribution in [2.45, 2.75) is 50.9 Å². The highest BCUT2D eigenvalue weighted by atomic mass is 16.5. The minimum atomic E-state index is -0.920. The lowest BCUT2D eigenvalue weighted by Gasteiger charge is -2.49. The number of anilines is 1. The number of nitrogens with zero attached hydrogens (tertiary/aromatic N) is 4. The van der Waals surface area contributed by atoms with E-state index in [4.69, 9.17) is 14.2 Å². The molecule has 35 heavy (non-hydrogen) atoms. The van der Waals surface area contributed by atoms with Crippen LogP contribution in [0.25, 0.3) is 0 Å². The summed E-state index contributed by atoms with van der Waals surface area (Å²) in [7, 11) is 1.68. The minimum Gasteiger partial charge on any atom is -0.490 e. The minimum absolute atomic E-state index is 0. The fraction of sp³-hybridized carbons (Fsp3) is 0.577. The lowest BCUT2D eigenvalue weighted by atomic mass is 9.88. The number of ether oxygens (including phenoxy) is 3. The highest BCUT2D eigenvalue weighted by Crippen LogP contribution is 2.34. The topological polar surface area (TPSA) is 97.3 Å². The van der Waals surface area contributed by atoms with Crippen LogP contribution >= 0.6 is 0 Å². The molecule has 4 rings (SSSR count). The molecule has 9 nitrogen and oxygen atoms in total. The first-order chi connectivity index (χ1) is 16.7. The van der Waals surface area contributed by atoms with Gasteiger partial charge in [-0.1, -0.05) is 0 Å². The molecule has 2 saturated heterocycles. The number of aryl methyl sites for hydroxylation is 1. The van der Waals surface area contributed by atoms with Gasteiger partial charge in [0.1, 0.15) is 12.4 Å². The number of carbonyl (C=O) groups is 1. The second kappa shape index (κ2) is 10.5. The second-order valence-electron chi connectivity index (χ2n) is 10.2. The maximum Gasteiger partial charge on any atom is 0.253 e.